The number of likely N-dealkylation sites (tertiary alicyclic amines) is 1. The molecule has 1 aliphatic heterocycles. The van der Waals surface area contributed by atoms with Gasteiger partial charge in [0.15, 0.2) is 0 Å². The van der Waals surface area contributed by atoms with E-state index < -0.39 is 0 Å². The van der Waals surface area contributed by atoms with Crippen LogP contribution in [0, 0.1) is 5.92 Å². The number of aromatic nitrogens is 2. The van der Waals surface area contributed by atoms with Gasteiger partial charge in [-0.1, -0.05) is 18.9 Å². The van der Waals surface area contributed by atoms with Gasteiger partial charge in [-0.05, 0) is 42.5 Å². The molecule has 0 bridgehead atoms. The number of amides is 1. The van der Waals surface area contributed by atoms with E-state index in [1.807, 2.05) is 23.0 Å². The molecule has 2 aliphatic rings. The maximum Gasteiger partial charge on any atom is 0.223 e. The Morgan fingerprint density at radius 1 is 1.29 bits per heavy atom. The zero-order valence-corrected chi connectivity index (χ0v) is 16.6. The molecule has 1 aromatic heterocycles. The van der Waals surface area contributed by atoms with Crippen LogP contribution in [-0.4, -0.2) is 46.8 Å². The van der Waals surface area contributed by atoms with E-state index in [0.29, 0.717) is 30.8 Å². The summed E-state index contributed by atoms with van der Waals surface area (Å²) >= 11 is 0. The van der Waals surface area contributed by atoms with Crippen LogP contribution in [-0.2, 0) is 17.9 Å². The molecule has 28 heavy (non-hydrogen) atoms. The summed E-state index contributed by atoms with van der Waals surface area (Å²) in [6.45, 7) is 3.29. The van der Waals surface area contributed by atoms with Crippen LogP contribution in [0.4, 0.5) is 0 Å². The number of carbonyl (C=O) groups excluding carboxylic acids is 1. The van der Waals surface area contributed by atoms with E-state index in [9.17, 15) is 4.79 Å². The summed E-state index contributed by atoms with van der Waals surface area (Å²) in [5.74, 6) is 1.66. The van der Waals surface area contributed by atoms with Crippen LogP contribution in [0.1, 0.15) is 43.2 Å². The molecule has 1 atom stereocenters. The highest BCUT2D eigenvalue weighted by molar-refractivity contribution is 5.79. The Kier molecular flexibility index (Phi) is 5.95. The van der Waals surface area contributed by atoms with Crippen molar-refractivity contribution in [3.63, 3.8) is 0 Å². The summed E-state index contributed by atoms with van der Waals surface area (Å²) in [6, 6.07) is 8.73. The molecule has 0 radical (unpaired) electrons. The third-order valence-corrected chi connectivity index (χ3v) is 6.00. The second-order valence-electron chi connectivity index (χ2n) is 8.04. The van der Waals surface area contributed by atoms with E-state index in [-0.39, 0.29) is 0 Å². The lowest BCUT2D eigenvalue weighted by molar-refractivity contribution is -0.129. The molecule has 1 aromatic carbocycles. The average Bonchev–Trinajstić information content (AvgIpc) is 3.44. The summed E-state index contributed by atoms with van der Waals surface area (Å²) in [5, 5.41) is 7.84. The largest absolute Gasteiger partial charge is 0.496 e. The predicted molar refractivity (Wildman–Crippen MR) is 108 cm³/mol. The van der Waals surface area contributed by atoms with Gasteiger partial charge in [0.25, 0.3) is 0 Å². The molecule has 2 fully saturated rings. The molecular formula is C22H30N4O2. The van der Waals surface area contributed by atoms with Gasteiger partial charge in [-0.25, -0.2) is 0 Å². The molecule has 2 aromatic rings. The number of nitrogens with one attached hydrogen (secondary N) is 1. The molecule has 6 nitrogen and oxygen atoms in total. The molecule has 1 N–H and O–H groups in total. The maximum atomic E-state index is 12.3. The van der Waals surface area contributed by atoms with Crippen LogP contribution in [0.15, 0.2) is 36.7 Å². The summed E-state index contributed by atoms with van der Waals surface area (Å²) in [7, 11) is 1.70. The summed E-state index contributed by atoms with van der Waals surface area (Å²) in [6.07, 6.45) is 9.36. The standard InChI is InChI=1S/C22H30N4O2/c1-28-21-8-7-17(11-19(21)16-25-10-4-9-24-25)13-23-14-18-12-22(27)26(15-18)20-5-2-3-6-20/h4,7-11,18,20,23H,2-3,5-6,12-16H2,1H3. The highest BCUT2D eigenvalue weighted by Gasteiger charge is 2.35. The van der Waals surface area contributed by atoms with Crippen molar-refractivity contribution in [3.05, 3.63) is 47.8 Å². The highest BCUT2D eigenvalue weighted by Crippen LogP contribution is 2.29. The van der Waals surface area contributed by atoms with Crippen LogP contribution in [0.5, 0.6) is 5.75 Å². The van der Waals surface area contributed by atoms with E-state index in [4.69, 9.17) is 4.74 Å². The van der Waals surface area contributed by atoms with Crippen LogP contribution < -0.4 is 10.1 Å². The quantitative estimate of drug-likeness (QED) is 0.763. The smallest absolute Gasteiger partial charge is 0.223 e. The second kappa shape index (κ2) is 8.78. The Hall–Kier alpha value is -2.34. The second-order valence-corrected chi connectivity index (χ2v) is 8.04. The molecule has 1 unspecified atom stereocenters. The first-order chi connectivity index (χ1) is 13.7. The lowest BCUT2D eigenvalue weighted by Crippen LogP contribution is -2.35. The first-order valence-electron chi connectivity index (χ1n) is 10.4. The van der Waals surface area contributed by atoms with E-state index in [2.05, 4.69) is 27.4 Å². The monoisotopic (exact) mass is 382 g/mol. The number of nitrogens with zero attached hydrogens (tertiary/aromatic N) is 3. The molecule has 4 rings (SSSR count). The Labute approximate surface area is 166 Å². The van der Waals surface area contributed by atoms with Gasteiger partial charge in [0.1, 0.15) is 5.75 Å². The minimum atomic E-state index is 0.352. The van der Waals surface area contributed by atoms with Gasteiger partial charge >= 0.3 is 0 Å². The van der Waals surface area contributed by atoms with Crippen molar-refractivity contribution >= 4 is 5.91 Å². The lowest BCUT2D eigenvalue weighted by atomic mass is 10.1. The number of hydrogen-bond donors (Lipinski definition) is 1. The van der Waals surface area contributed by atoms with Gasteiger partial charge in [0.05, 0.1) is 13.7 Å². The van der Waals surface area contributed by atoms with E-state index in [1.54, 1.807) is 13.3 Å². The first kappa shape index (κ1) is 19.0. The Bertz CT molecular complexity index is 784. The van der Waals surface area contributed by atoms with Crippen LogP contribution >= 0.6 is 0 Å². The van der Waals surface area contributed by atoms with Gasteiger partial charge < -0.3 is 15.0 Å². The van der Waals surface area contributed by atoms with Crippen molar-refractivity contribution in [1.82, 2.24) is 20.0 Å². The average molecular weight is 383 g/mol. The number of rotatable bonds is 8. The van der Waals surface area contributed by atoms with E-state index in [1.165, 1.54) is 31.2 Å². The Balaban J connectivity index is 1.30. The van der Waals surface area contributed by atoms with Crippen molar-refractivity contribution < 1.29 is 9.53 Å². The fourth-order valence-electron chi connectivity index (χ4n) is 4.57. The molecule has 2 heterocycles. The van der Waals surface area contributed by atoms with Crippen molar-refractivity contribution in [2.75, 3.05) is 20.2 Å². The zero-order chi connectivity index (χ0) is 19.3. The molecular weight excluding hydrogens is 352 g/mol. The molecule has 1 saturated heterocycles. The topological polar surface area (TPSA) is 59.4 Å². The van der Waals surface area contributed by atoms with Gasteiger partial charge in [0, 0.05) is 50.1 Å². The fourth-order valence-corrected chi connectivity index (χ4v) is 4.57. The third-order valence-electron chi connectivity index (χ3n) is 6.00. The van der Waals surface area contributed by atoms with E-state index >= 15 is 0 Å². The molecule has 1 saturated carbocycles. The van der Waals surface area contributed by atoms with Gasteiger partial charge in [-0.3, -0.25) is 9.48 Å². The summed E-state index contributed by atoms with van der Waals surface area (Å²) in [4.78, 5) is 14.5. The van der Waals surface area contributed by atoms with Crippen molar-refractivity contribution in [2.24, 2.45) is 5.92 Å². The normalized spacial score (nSPS) is 20.2. The minimum Gasteiger partial charge on any atom is -0.496 e. The number of hydrogen-bond acceptors (Lipinski definition) is 4. The van der Waals surface area contributed by atoms with Crippen molar-refractivity contribution in [2.45, 2.75) is 51.2 Å². The van der Waals surface area contributed by atoms with Gasteiger partial charge in [-0.15, -0.1) is 0 Å². The third kappa shape index (κ3) is 4.38. The number of ether oxygens (including phenoxy) is 1. The molecule has 1 aliphatic carbocycles. The maximum absolute atomic E-state index is 12.3. The number of carbonyl (C=O) groups is 1. The van der Waals surface area contributed by atoms with Crippen LogP contribution in [0.2, 0.25) is 0 Å². The molecule has 1 amide bonds. The Morgan fingerprint density at radius 3 is 2.89 bits per heavy atom. The first-order valence-corrected chi connectivity index (χ1v) is 10.4. The molecule has 150 valence electrons. The van der Waals surface area contributed by atoms with Crippen LogP contribution in [0.3, 0.4) is 0 Å². The van der Waals surface area contributed by atoms with Gasteiger partial charge in [-0.2, -0.15) is 5.10 Å². The Morgan fingerprint density at radius 2 is 2.14 bits per heavy atom. The fraction of sp³-hybridized carbons (Fsp3) is 0.545. The van der Waals surface area contributed by atoms with E-state index in [0.717, 1.165) is 30.9 Å². The predicted octanol–water partition coefficient (Wildman–Crippen LogP) is 2.82. The van der Waals surface area contributed by atoms with Crippen molar-refractivity contribution in [3.8, 4) is 5.75 Å². The minimum absolute atomic E-state index is 0.352. The van der Waals surface area contributed by atoms with Crippen LogP contribution in [0.25, 0.3) is 0 Å². The SMILES string of the molecule is COc1ccc(CNCC2CC(=O)N(C3CCCC3)C2)cc1Cn1cccn1. The molecule has 0 spiro atoms. The van der Waals surface area contributed by atoms with Gasteiger partial charge in [0.2, 0.25) is 5.91 Å². The lowest BCUT2D eigenvalue weighted by Gasteiger charge is -2.24. The zero-order valence-electron chi connectivity index (χ0n) is 16.6. The number of benzene rings is 1. The van der Waals surface area contributed by atoms with Crippen molar-refractivity contribution in [1.29, 1.82) is 0 Å². The number of methoxy groups -OCH3 is 1. The summed E-state index contributed by atoms with van der Waals surface area (Å²) in [5.41, 5.74) is 2.34. The highest BCUT2D eigenvalue weighted by atomic mass is 16.5. The molecule has 6 heteroatoms. The summed E-state index contributed by atoms with van der Waals surface area (Å²) < 4.78 is 7.40.